The van der Waals surface area contributed by atoms with E-state index in [0.717, 1.165) is 11.5 Å². The van der Waals surface area contributed by atoms with Crippen LogP contribution in [0.2, 0.25) is 0 Å². The molecule has 0 saturated carbocycles. The molecule has 7 heteroatoms. The molecule has 0 spiro atoms. The average molecular weight is 696 g/mol. The first-order valence-electron chi connectivity index (χ1n) is 6.81. The Morgan fingerprint density at radius 2 is 1.29 bits per heavy atom. The molecule has 3 aromatic rings. The molecule has 3 rings (SSSR count). The van der Waals surface area contributed by atoms with Gasteiger partial charge in [-0.15, -0.1) is 0 Å². The zero-order valence-corrected chi connectivity index (χ0v) is 21.1. The second-order valence-electron chi connectivity index (χ2n) is 4.55. The van der Waals surface area contributed by atoms with Crippen LogP contribution in [0, 0.1) is 0 Å². The summed E-state index contributed by atoms with van der Waals surface area (Å²) >= 11 is 5.30. The van der Waals surface area contributed by atoms with Crippen LogP contribution in [0.5, 0.6) is 11.5 Å². The van der Waals surface area contributed by atoms with Crippen molar-refractivity contribution < 1.29 is 22.7 Å². The second kappa shape index (κ2) is 11.1. The van der Waals surface area contributed by atoms with Gasteiger partial charge >= 0.3 is 60.8 Å². The second-order valence-corrected chi connectivity index (χ2v) is 23.0. The van der Waals surface area contributed by atoms with Gasteiger partial charge in [-0.05, 0) is 54.1 Å². The minimum absolute atomic E-state index is 0.530. The van der Waals surface area contributed by atoms with Gasteiger partial charge in [-0.25, -0.2) is 0 Å². The van der Waals surface area contributed by atoms with Gasteiger partial charge in [0.15, 0.2) is 10.3 Å². The summed E-state index contributed by atoms with van der Waals surface area (Å²) in [7, 11) is 6.95. The van der Waals surface area contributed by atoms with Gasteiger partial charge in [0, 0.05) is 11.6 Å². The number of ether oxygens (including phenoxy) is 2. The molecule has 1 aromatic heterocycles. The van der Waals surface area contributed by atoms with Crippen molar-refractivity contribution in [1.29, 1.82) is 0 Å². The third-order valence-corrected chi connectivity index (χ3v) is 5.71. The predicted molar refractivity (Wildman–Crippen MR) is 119 cm³/mol. The van der Waals surface area contributed by atoms with E-state index in [4.69, 9.17) is 9.47 Å². The number of hydrogen-bond acceptors (Lipinski definition) is 3. The van der Waals surface area contributed by atoms with Crippen LogP contribution in [0.15, 0.2) is 54.6 Å². The number of hydrogen-bond donors (Lipinski definition) is 0. The average Bonchev–Trinajstić information content (AvgIpc) is 3.13. The molecule has 0 aliphatic carbocycles. The summed E-state index contributed by atoms with van der Waals surface area (Å²) in [4.78, 5) is 2.54. The van der Waals surface area contributed by atoms with Gasteiger partial charge < -0.3 is 9.47 Å². The van der Waals surface area contributed by atoms with E-state index in [9.17, 15) is 0 Å². The first-order valence-corrected chi connectivity index (χ1v) is 21.5. The van der Waals surface area contributed by atoms with Gasteiger partial charge in [-0.2, -0.15) is 0 Å². The summed E-state index contributed by atoms with van der Waals surface area (Å²) in [6, 6.07) is 18.6. The van der Waals surface area contributed by atoms with Gasteiger partial charge in [-0.3, -0.25) is 0 Å². The predicted octanol–water partition coefficient (Wildman–Crippen LogP) is 4.22. The molecule has 0 N–H and O–H groups in total. The normalized spacial score (nSPS) is 10.0. The van der Waals surface area contributed by atoms with Gasteiger partial charge in [0.05, 0.1) is 19.1 Å². The van der Waals surface area contributed by atoms with Crippen molar-refractivity contribution in [2.75, 3.05) is 14.2 Å². The first-order chi connectivity index (χ1) is 11.7. The van der Waals surface area contributed by atoms with Crippen molar-refractivity contribution in [2.24, 2.45) is 0 Å². The summed E-state index contributed by atoms with van der Waals surface area (Å²) in [5, 5.41) is 0. The fourth-order valence-electron chi connectivity index (χ4n) is 2.03. The molecule has 0 radical (unpaired) electrons. The summed E-state index contributed by atoms with van der Waals surface area (Å²) in [6.07, 6.45) is 0. The van der Waals surface area contributed by atoms with Gasteiger partial charge in [-0.1, -0.05) is 0 Å². The quantitative estimate of drug-likeness (QED) is 0.232. The Labute approximate surface area is 179 Å². The summed E-state index contributed by atoms with van der Waals surface area (Å²) < 4.78 is 10.4. The number of halogens is 3. The molecule has 2 aromatic carbocycles. The minimum atomic E-state index is 0.530. The molecule has 0 atom stereocenters. The Hall–Kier alpha value is 0.280. The van der Waals surface area contributed by atoms with Gasteiger partial charge in [0.2, 0.25) is 0 Å². The van der Waals surface area contributed by atoms with Gasteiger partial charge in [0.25, 0.3) is 4.88 Å². The van der Waals surface area contributed by atoms with Crippen LogP contribution in [0.25, 0.3) is 20.9 Å². The third kappa shape index (κ3) is 5.92. The van der Waals surface area contributed by atoms with Crippen molar-refractivity contribution in [3.63, 3.8) is 0 Å². The Morgan fingerprint density at radius 3 is 1.75 bits per heavy atom. The zero-order chi connectivity index (χ0) is 17.4. The molecule has 128 valence electrons. The van der Waals surface area contributed by atoms with E-state index >= 15 is 0 Å². The van der Waals surface area contributed by atoms with E-state index < -0.39 is 0 Å². The first kappa shape index (κ1) is 20.6. The molecule has 0 saturated heterocycles. The molecule has 24 heavy (non-hydrogen) atoms. The van der Waals surface area contributed by atoms with Crippen molar-refractivity contribution in [3.8, 4) is 32.4 Å². The summed E-state index contributed by atoms with van der Waals surface area (Å²) in [5.74, 6) is 1.77. The van der Waals surface area contributed by atoms with E-state index in [-0.39, 0.29) is 0 Å². The van der Waals surface area contributed by atoms with E-state index in [1.807, 2.05) is 24.3 Å². The molecule has 0 unspecified atom stereocenters. The Bertz CT molecular complexity index is 681. The van der Waals surface area contributed by atoms with Crippen LogP contribution < -0.4 is 22.7 Å². The fraction of sp³-hybridized carbons (Fsp3) is 0.118. The van der Waals surface area contributed by atoms with Crippen LogP contribution in [-0.4, -0.2) is 14.2 Å². The fourth-order valence-corrected chi connectivity index (χ4v) is 4.49. The molecule has 0 bridgehead atoms. The zero-order valence-electron chi connectivity index (χ0n) is 13.0. The van der Waals surface area contributed by atoms with Crippen molar-refractivity contribution >= 4 is 57.9 Å². The Balaban J connectivity index is 0.000000647. The number of rotatable bonds is 4. The molecular formula is C17H15I3O2S2. The van der Waals surface area contributed by atoms with E-state index in [2.05, 4.69) is 67.6 Å². The summed E-state index contributed by atoms with van der Waals surface area (Å²) in [5.41, 5.74) is 2.44. The molecule has 0 fully saturated rings. The van der Waals surface area contributed by atoms with E-state index in [0.29, 0.717) is 13.3 Å². The number of methoxy groups -OCH3 is 2. The van der Waals surface area contributed by atoms with Crippen LogP contribution >= 0.6 is 57.9 Å². The van der Waals surface area contributed by atoms with Crippen LogP contribution in [0.1, 0.15) is 0 Å². The molecule has 0 aliphatic rings. The molecular weight excluding hydrogens is 681 g/mol. The van der Waals surface area contributed by atoms with Crippen molar-refractivity contribution in [2.45, 2.75) is 0 Å². The summed E-state index contributed by atoms with van der Waals surface area (Å²) in [6.45, 7) is 0. The Kier molecular flexibility index (Phi) is 9.51. The monoisotopic (exact) mass is 696 g/mol. The third-order valence-electron chi connectivity index (χ3n) is 3.23. The van der Waals surface area contributed by atoms with E-state index in [1.54, 1.807) is 34.9 Å². The molecule has 0 amide bonds. The number of benzene rings is 2. The maximum absolute atomic E-state index is 5.20. The van der Waals surface area contributed by atoms with Gasteiger partial charge in [0.1, 0.15) is 11.5 Å². The topological polar surface area (TPSA) is 18.5 Å². The van der Waals surface area contributed by atoms with Crippen LogP contribution in [0.3, 0.4) is 0 Å². The van der Waals surface area contributed by atoms with Crippen LogP contribution in [-0.2, 0) is 0 Å². The molecule has 1 heterocycles. The molecule has 2 nitrogen and oxygen atoms in total. The van der Waals surface area contributed by atoms with E-state index in [1.165, 1.54) is 20.9 Å². The maximum atomic E-state index is 5.20. The Morgan fingerprint density at radius 1 is 0.833 bits per heavy atom. The standard InChI is InChI=1S/C17H15O2S2.I3/c1-18-14-7-3-12(4-8-14)16-11-17(21-20-16)13-5-9-15(19-2)10-6-13;1-3-2/h3-11H,1-2H3;/q+1;-1. The van der Waals surface area contributed by atoms with Crippen molar-refractivity contribution in [3.05, 3.63) is 54.6 Å². The SMILES string of the molecule is COc1ccc(-c2cc(-c3ccc(OC)cc3)[s+]s2)cc1.I[I-]I. The van der Waals surface area contributed by atoms with Crippen LogP contribution in [0.4, 0.5) is 0 Å². The van der Waals surface area contributed by atoms with Crippen molar-refractivity contribution in [1.82, 2.24) is 0 Å². The molecule has 0 aliphatic heterocycles.